The van der Waals surface area contributed by atoms with Gasteiger partial charge in [0.2, 0.25) is 0 Å². The Balaban J connectivity index is 2.31. The van der Waals surface area contributed by atoms with Gasteiger partial charge in [0.15, 0.2) is 11.5 Å². The minimum Gasteiger partial charge on any atom is -0.493 e. The van der Waals surface area contributed by atoms with Crippen molar-refractivity contribution in [3.05, 3.63) is 46.9 Å². The molecule has 0 aliphatic heterocycles. The lowest BCUT2D eigenvalue weighted by atomic mass is 10.1. The second-order valence-corrected chi connectivity index (χ2v) is 5.31. The smallest absolute Gasteiger partial charge is 0.254 e. The summed E-state index contributed by atoms with van der Waals surface area (Å²) in [7, 11) is 2.94. The number of nitriles is 1. The first-order chi connectivity index (χ1) is 11.6. The lowest BCUT2D eigenvalue weighted by Crippen LogP contribution is -2.31. The summed E-state index contributed by atoms with van der Waals surface area (Å²) < 4.78 is 15.7. The summed E-state index contributed by atoms with van der Waals surface area (Å²) in [6.45, 7) is 0.543. The number of methoxy groups -OCH3 is 2. The highest BCUT2D eigenvalue weighted by molar-refractivity contribution is 6.32. The van der Waals surface area contributed by atoms with Crippen molar-refractivity contribution in [2.24, 2.45) is 0 Å². The zero-order valence-electron chi connectivity index (χ0n) is 13.4. The average molecular weight is 349 g/mol. The maximum absolute atomic E-state index is 12.8. The molecule has 1 amide bonds. The second-order valence-electron chi connectivity index (χ2n) is 4.91. The Bertz CT molecular complexity index is 738. The summed E-state index contributed by atoms with van der Waals surface area (Å²) in [6.07, 6.45) is 1.75. The number of ether oxygens (including phenoxy) is 2. The fraction of sp³-hybridized carbons (Fsp3) is 0.294. The molecular weight excluding hydrogens is 332 g/mol. The first kappa shape index (κ1) is 17.7. The normalized spacial score (nSPS) is 10.1. The van der Waals surface area contributed by atoms with Crippen molar-refractivity contribution in [2.45, 2.75) is 13.0 Å². The number of hydrogen-bond donors (Lipinski definition) is 0. The van der Waals surface area contributed by atoms with Gasteiger partial charge < -0.3 is 18.8 Å². The molecule has 126 valence electrons. The van der Waals surface area contributed by atoms with Gasteiger partial charge >= 0.3 is 0 Å². The van der Waals surface area contributed by atoms with E-state index in [0.29, 0.717) is 22.8 Å². The number of halogens is 1. The van der Waals surface area contributed by atoms with E-state index in [1.165, 1.54) is 31.4 Å². The van der Waals surface area contributed by atoms with Crippen molar-refractivity contribution in [1.29, 1.82) is 5.26 Å². The van der Waals surface area contributed by atoms with Crippen LogP contribution in [0.25, 0.3) is 0 Å². The topological polar surface area (TPSA) is 75.7 Å². The second kappa shape index (κ2) is 8.27. The molecule has 0 radical (unpaired) electrons. The number of furan rings is 1. The van der Waals surface area contributed by atoms with E-state index in [1.807, 2.05) is 6.07 Å². The maximum atomic E-state index is 12.8. The van der Waals surface area contributed by atoms with Crippen LogP contribution in [0.1, 0.15) is 22.5 Å². The Morgan fingerprint density at radius 2 is 2.17 bits per heavy atom. The van der Waals surface area contributed by atoms with E-state index < -0.39 is 0 Å². The largest absolute Gasteiger partial charge is 0.493 e. The van der Waals surface area contributed by atoms with Crippen LogP contribution in [0.15, 0.2) is 34.9 Å². The van der Waals surface area contributed by atoms with E-state index in [9.17, 15) is 4.79 Å². The molecule has 1 aromatic carbocycles. The van der Waals surface area contributed by atoms with E-state index in [2.05, 4.69) is 0 Å². The quantitative estimate of drug-likeness (QED) is 0.765. The molecule has 0 atom stereocenters. The lowest BCUT2D eigenvalue weighted by molar-refractivity contribution is 0.0735. The summed E-state index contributed by atoms with van der Waals surface area (Å²) in [6, 6.07) is 8.64. The molecule has 0 fully saturated rings. The summed E-state index contributed by atoms with van der Waals surface area (Å²) in [5, 5.41) is 9.10. The maximum Gasteiger partial charge on any atom is 0.254 e. The number of carbonyl (C=O) groups is 1. The van der Waals surface area contributed by atoms with Crippen LogP contribution in [0, 0.1) is 11.3 Å². The van der Waals surface area contributed by atoms with Crippen LogP contribution >= 0.6 is 11.6 Å². The van der Waals surface area contributed by atoms with Crippen LogP contribution in [-0.4, -0.2) is 31.6 Å². The van der Waals surface area contributed by atoms with Crippen LogP contribution in [-0.2, 0) is 6.54 Å². The highest BCUT2D eigenvalue weighted by atomic mass is 35.5. The van der Waals surface area contributed by atoms with Crippen molar-refractivity contribution < 1.29 is 18.7 Å². The minimum atomic E-state index is -0.274. The summed E-state index contributed by atoms with van der Waals surface area (Å²) in [5.41, 5.74) is 0.349. The fourth-order valence-electron chi connectivity index (χ4n) is 2.25. The molecule has 0 spiro atoms. The third-order valence-corrected chi connectivity index (χ3v) is 3.67. The number of carbonyl (C=O) groups excluding carboxylic acids is 1. The number of benzene rings is 1. The first-order valence-electron chi connectivity index (χ1n) is 7.20. The molecule has 0 unspecified atom stereocenters. The van der Waals surface area contributed by atoms with Gasteiger partial charge in [0.1, 0.15) is 5.76 Å². The molecule has 6 nitrogen and oxygen atoms in total. The van der Waals surface area contributed by atoms with Crippen LogP contribution in [0.2, 0.25) is 5.02 Å². The van der Waals surface area contributed by atoms with Gasteiger partial charge in [0.25, 0.3) is 5.91 Å². The monoisotopic (exact) mass is 348 g/mol. The predicted octanol–water partition coefficient (Wildman–Crippen LogP) is 3.51. The molecule has 2 aromatic rings. The highest BCUT2D eigenvalue weighted by Gasteiger charge is 2.21. The Labute approximate surface area is 145 Å². The molecule has 7 heteroatoms. The van der Waals surface area contributed by atoms with Crippen molar-refractivity contribution >= 4 is 17.5 Å². The van der Waals surface area contributed by atoms with Crippen LogP contribution in [0.4, 0.5) is 0 Å². The minimum absolute atomic E-state index is 0.216. The van der Waals surface area contributed by atoms with E-state index in [4.69, 9.17) is 30.8 Å². The number of rotatable bonds is 7. The molecule has 1 heterocycles. The Morgan fingerprint density at radius 1 is 1.38 bits per heavy atom. The molecule has 0 saturated carbocycles. The average Bonchev–Trinajstić information content (AvgIpc) is 3.10. The molecule has 0 aliphatic rings. The Kier molecular flexibility index (Phi) is 6.10. The van der Waals surface area contributed by atoms with Gasteiger partial charge in [-0.15, -0.1) is 0 Å². The molecule has 0 bridgehead atoms. The van der Waals surface area contributed by atoms with Gasteiger partial charge in [-0.3, -0.25) is 4.79 Å². The highest BCUT2D eigenvalue weighted by Crippen LogP contribution is 2.36. The standard InChI is InChI=1S/C17H17ClN2O4/c1-22-15-10-12(9-14(18)16(15)23-2)17(21)20(7-4-6-19)11-13-5-3-8-24-13/h3,5,8-10H,4,7,11H2,1-2H3. The predicted molar refractivity (Wildman–Crippen MR) is 88.2 cm³/mol. The molecular formula is C17H17ClN2O4. The first-order valence-corrected chi connectivity index (χ1v) is 7.58. The van der Waals surface area contributed by atoms with Gasteiger partial charge in [-0.1, -0.05) is 11.6 Å². The van der Waals surface area contributed by atoms with Crippen molar-refractivity contribution in [2.75, 3.05) is 20.8 Å². The zero-order chi connectivity index (χ0) is 17.5. The van der Waals surface area contributed by atoms with E-state index in [0.717, 1.165) is 0 Å². The van der Waals surface area contributed by atoms with Gasteiger partial charge in [-0.05, 0) is 24.3 Å². The molecule has 2 rings (SSSR count). The third kappa shape index (κ3) is 4.00. The molecule has 1 aromatic heterocycles. The van der Waals surface area contributed by atoms with Gasteiger partial charge in [-0.2, -0.15) is 5.26 Å². The Hall–Kier alpha value is -2.65. The lowest BCUT2D eigenvalue weighted by Gasteiger charge is -2.21. The number of amides is 1. The molecule has 0 saturated heterocycles. The van der Waals surface area contributed by atoms with Crippen LogP contribution in [0.3, 0.4) is 0 Å². The van der Waals surface area contributed by atoms with Crippen molar-refractivity contribution in [1.82, 2.24) is 4.90 Å². The van der Waals surface area contributed by atoms with Gasteiger partial charge in [0, 0.05) is 12.1 Å². The molecule has 0 N–H and O–H groups in total. The zero-order valence-corrected chi connectivity index (χ0v) is 14.2. The van der Waals surface area contributed by atoms with Crippen LogP contribution in [0.5, 0.6) is 11.5 Å². The summed E-state index contributed by atoms with van der Waals surface area (Å²) >= 11 is 6.16. The summed E-state index contributed by atoms with van der Waals surface area (Å²) in [4.78, 5) is 14.3. The van der Waals surface area contributed by atoms with E-state index in [-0.39, 0.29) is 30.4 Å². The number of hydrogen-bond acceptors (Lipinski definition) is 5. The Morgan fingerprint density at radius 3 is 2.75 bits per heavy atom. The molecule has 24 heavy (non-hydrogen) atoms. The third-order valence-electron chi connectivity index (χ3n) is 3.39. The van der Waals surface area contributed by atoms with E-state index >= 15 is 0 Å². The van der Waals surface area contributed by atoms with Gasteiger partial charge in [0.05, 0.1) is 44.5 Å². The SMILES string of the molecule is COc1cc(C(=O)N(CCC#N)Cc2ccco2)cc(Cl)c1OC. The van der Waals surface area contributed by atoms with Crippen molar-refractivity contribution in [3.63, 3.8) is 0 Å². The van der Waals surface area contributed by atoms with Gasteiger partial charge in [-0.25, -0.2) is 0 Å². The molecule has 0 aliphatic carbocycles. The number of nitrogens with zero attached hydrogens (tertiary/aromatic N) is 2. The van der Waals surface area contributed by atoms with E-state index in [1.54, 1.807) is 18.2 Å². The fourth-order valence-corrected chi connectivity index (χ4v) is 2.54. The van der Waals surface area contributed by atoms with Crippen LogP contribution < -0.4 is 9.47 Å². The van der Waals surface area contributed by atoms with Crippen molar-refractivity contribution in [3.8, 4) is 17.6 Å². The summed E-state index contributed by atoms with van der Waals surface area (Å²) in [5.74, 6) is 1.09.